The minimum atomic E-state index is 1.17. The van der Waals surface area contributed by atoms with Crippen LogP contribution in [0.1, 0.15) is 19.4 Å². The standard InChI is InChI=1S/C8H8.C4H8/c1-2-8-6-4-3-5-7-8;1-3-4-2/h2-7H,1H2;3-4H,1-2H3. The molecule has 0 aliphatic heterocycles. The Kier molecular flexibility index (Phi) is 6.96. The van der Waals surface area contributed by atoms with E-state index in [0.717, 1.165) is 0 Å². The molecule has 0 aliphatic rings. The van der Waals surface area contributed by atoms with Gasteiger partial charge in [0.2, 0.25) is 0 Å². The molecule has 0 radical (unpaired) electrons. The third-order valence-electron chi connectivity index (χ3n) is 1.37. The second-order valence-corrected chi connectivity index (χ2v) is 2.28. The zero-order valence-electron chi connectivity index (χ0n) is 7.83. The summed E-state index contributed by atoms with van der Waals surface area (Å²) in [4.78, 5) is 0. The molecule has 0 fully saturated rings. The second-order valence-electron chi connectivity index (χ2n) is 2.28. The van der Waals surface area contributed by atoms with Crippen molar-refractivity contribution in [2.45, 2.75) is 13.8 Å². The monoisotopic (exact) mass is 160 g/mol. The first-order valence-electron chi connectivity index (χ1n) is 4.10. The highest BCUT2D eigenvalue weighted by Crippen LogP contribution is 1.97. The largest absolute Gasteiger partial charge is 0.0985 e. The summed E-state index contributed by atoms with van der Waals surface area (Å²) in [5, 5.41) is 0. The van der Waals surface area contributed by atoms with Gasteiger partial charge in [-0.25, -0.2) is 0 Å². The molecule has 1 rings (SSSR count). The van der Waals surface area contributed by atoms with E-state index in [0.29, 0.717) is 0 Å². The van der Waals surface area contributed by atoms with Crippen molar-refractivity contribution in [1.29, 1.82) is 0 Å². The third-order valence-corrected chi connectivity index (χ3v) is 1.37. The summed E-state index contributed by atoms with van der Waals surface area (Å²) >= 11 is 0. The van der Waals surface area contributed by atoms with Crippen LogP contribution >= 0.6 is 0 Å². The van der Waals surface area contributed by atoms with Gasteiger partial charge in [0.05, 0.1) is 0 Å². The van der Waals surface area contributed by atoms with Crippen LogP contribution in [-0.4, -0.2) is 0 Å². The van der Waals surface area contributed by atoms with Crippen molar-refractivity contribution in [2.24, 2.45) is 0 Å². The van der Waals surface area contributed by atoms with E-state index in [2.05, 4.69) is 6.58 Å². The van der Waals surface area contributed by atoms with Gasteiger partial charge in [0.25, 0.3) is 0 Å². The maximum atomic E-state index is 3.63. The average Bonchev–Trinajstić information content (AvgIpc) is 2.19. The van der Waals surface area contributed by atoms with E-state index in [4.69, 9.17) is 0 Å². The zero-order chi connectivity index (χ0) is 9.23. The molecule has 12 heavy (non-hydrogen) atoms. The maximum absolute atomic E-state index is 3.63. The van der Waals surface area contributed by atoms with E-state index in [9.17, 15) is 0 Å². The Morgan fingerprint density at radius 2 is 1.50 bits per heavy atom. The Labute approximate surface area is 75.2 Å². The number of hydrogen-bond donors (Lipinski definition) is 0. The molecule has 1 aromatic rings. The first-order valence-corrected chi connectivity index (χ1v) is 4.10. The van der Waals surface area contributed by atoms with Gasteiger partial charge in [-0.15, -0.1) is 0 Å². The van der Waals surface area contributed by atoms with Gasteiger partial charge in [-0.1, -0.05) is 55.1 Å². The SMILES string of the molecule is C=Cc1ccccc1.CC=CC. The normalized spacial score (nSPS) is 8.83. The Morgan fingerprint density at radius 1 is 1.00 bits per heavy atom. The lowest BCUT2D eigenvalue weighted by Gasteiger charge is -1.85. The van der Waals surface area contributed by atoms with Crippen molar-refractivity contribution >= 4 is 6.08 Å². The van der Waals surface area contributed by atoms with Gasteiger partial charge in [-0.05, 0) is 19.4 Å². The Morgan fingerprint density at radius 3 is 1.75 bits per heavy atom. The number of benzene rings is 1. The van der Waals surface area contributed by atoms with Crippen molar-refractivity contribution in [1.82, 2.24) is 0 Å². The molecule has 0 aromatic heterocycles. The van der Waals surface area contributed by atoms with Crippen molar-refractivity contribution in [2.75, 3.05) is 0 Å². The summed E-state index contributed by atoms with van der Waals surface area (Å²) in [5.41, 5.74) is 1.17. The predicted octanol–water partition coefficient (Wildman–Crippen LogP) is 3.91. The molecule has 64 valence electrons. The highest BCUT2D eigenvalue weighted by atomic mass is 13.8. The summed E-state index contributed by atoms with van der Waals surface area (Å²) in [6, 6.07) is 10.0. The summed E-state index contributed by atoms with van der Waals surface area (Å²) in [6.07, 6.45) is 5.83. The molecule has 0 spiro atoms. The highest BCUT2D eigenvalue weighted by Gasteiger charge is 1.75. The van der Waals surface area contributed by atoms with Gasteiger partial charge in [0.1, 0.15) is 0 Å². The quantitative estimate of drug-likeness (QED) is 0.546. The molecular weight excluding hydrogens is 144 g/mol. The lowest BCUT2D eigenvalue weighted by molar-refractivity contribution is 1.64. The molecule has 0 saturated carbocycles. The van der Waals surface area contributed by atoms with E-state index < -0.39 is 0 Å². The second kappa shape index (κ2) is 7.80. The number of allylic oxidation sites excluding steroid dienone is 2. The summed E-state index contributed by atoms with van der Waals surface area (Å²) in [5.74, 6) is 0. The van der Waals surface area contributed by atoms with Crippen LogP contribution in [0.25, 0.3) is 6.08 Å². The van der Waals surface area contributed by atoms with E-state index in [1.807, 2.05) is 62.4 Å². The van der Waals surface area contributed by atoms with Crippen LogP contribution in [0, 0.1) is 0 Å². The molecule has 0 amide bonds. The molecule has 0 atom stereocenters. The molecule has 1 aromatic carbocycles. The lowest BCUT2D eigenvalue weighted by atomic mass is 10.2. The van der Waals surface area contributed by atoms with Gasteiger partial charge in [0.15, 0.2) is 0 Å². The fourth-order valence-corrected chi connectivity index (χ4v) is 0.589. The van der Waals surface area contributed by atoms with E-state index >= 15 is 0 Å². The van der Waals surface area contributed by atoms with Crippen LogP contribution in [0.15, 0.2) is 49.1 Å². The topological polar surface area (TPSA) is 0 Å². The van der Waals surface area contributed by atoms with E-state index in [1.54, 1.807) is 0 Å². The number of hydrogen-bond acceptors (Lipinski definition) is 0. The van der Waals surface area contributed by atoms with Crippen LogP contribution in [0.2, 0.25) is 0 Å². The fourth-order valence-electron chi connectivity index (χ4n) is 0.589. The van der Waals surface area contributed by atoms with Crippen LogP contribution in [0.4, 0.5) is 0 Å². The minimum Gasteiger partial charge on any atom is -0.0985 e. The molecule has 0 nitrogen and oxygen atoms in total. The smallest absolute Gasteiger partial charge is 0.0263 e. The van der Waals surface area contributed by atoms with Crippen molar-refractivity contribution in [3.05, 3.63) is 54.6 Å². The molecule has 0 N–H and O–H groups in total. The van der Waals surface area contributed by atoms with Crippen molar-refractivity contribution in [3.8, 4) is 0 Å². The highest BCUT2D eigenvalue weighted by molar-refractivity contribution is 5.45. The van der Waals surface area contributed by atoms with Crippen molar-refractivity contribution < 1.29 is 0 Å². The molecule has 0 aliphatic carbocycles. The molecule has 0 saturated heterocycles. The van der Waals surface area contributed by atoms with E-state index in [-0.39, 0.29) is 0 Å². The van der Waals surface area contributed by atoms with Crippen LogP contribution < -0.4 is 0 Å². The first-order chi connectivity index (χ1) is 5.85. The van der Waals surface area contributed by atoms with Gasteiger partial charge in [0, 0.05) is 0 Å². The lowest BCUT2D eigenvalue weighted by Crippen LogP contribution is -1.63. The molecular formula is C12H16. The van der Waals surface area contributed by atoms with Gasteiger partial charge < -0.3 is 0 Å². The minimum absolute atomic E-state index is 1.17. The Hall–Kier alpha value is -1.30. The summed E-state index contributed by atoms with van der Waals surface area (Å²) in [6.45, 7) is 7.63. The zero-order valence-corrected chi connectivity index (χ0v) is 7.83. The first kappa shape index (κ1) is 10.7. The van der Waals surface area contributed by atoms with E-state index in [1.165, 1.54) is 5.56 Å². The fraction of sp³-hybridized carbons (Fsp3) is 0.167. The van der Waals surface area contributed by atoms with Crippen molar-refractivity contribution in [3.63, 3.8) is 0 Å². The summed E-state index contributed by atoms with van der Waals surface area (Å²) in [7, 11) is 0. The molecule has 0 heterocycles. The average molecular weight is 160 g/mol. The predicted molar refractivity (Wildman–Crippen MR) is 57.0 cm³/mol. The Balaban J connectivity index is 0.000000261. The van der Waals surface area contributed by atoms with Crippen LogP contribution in [-0.2, 0) is 0 Å². The molecule has 0 heteroatoms. The maximum Gasteiger partial charge on any atom is -0.0263 e. The van der Waals surface area contributed by atoms with Crippen LogP contribution in [0.3, 0.4) is 0 Å². The molecule has 0 unspecified atom stereocenters. The van der Waals surface area contributed by atoms with Gasteiger partial charge in [-0.3, -0.25) is 0 Å². The van der Waals surface area contributed by atoms with Crippen LogP contribution in [0.5, 0.6) is 0 Å². The Bertz CT molecular complexity index is 215. The van der Waals surface area contributed by atoms with Gasteiger partial charge >= 0.3 is 0 Å². The van der Waals surface area contributed by atoms with Gasteiger partial charge in [-0.2, -0.15) is 0 Å². The number of rotatable bonds is 1. The third kappa shape index (κ3) is 5.48. The molecule has 0 bridgehead atoms. The summed E-state index contributed by atoms with van der Waals surface area (Å²) < 4.78 is 0.